The summed E-state index contributed by atoms with van der Waals surface area (Å²) in [5, 5.41) is 0. The monoisotopic (exact) mass is 720 g/mol. The van der Waals surface area contributed by atoms with E-state index in [1.54, 1.807) is 9.80 Å². The molecule has 12 nitrogen and oxygen atoms in total. The maximum Gasteiger partial charge on any atom is 0.411 e. The molecule has 4 bridgehead atoms. The fraction of sp³-hybridized carbons (Fsp3) is 0.600. The topological polar surface area (TPSA) is 118 Å². The van der Waals surface area contributed by atoms with Crippen LogP contribution in [0.3, 0.4) is 0 Å². The molecule has 6 rings (SSSR count). The van der Waals surface area contributed by atoms with E-state index in [0.29, 0.717) is 13.1 Å². The number of esters is 2. The van der Waals surface area contributed by atoms with Crippen molar-refractivity contribution in [2.75, 3.05) is 27.3 Å². The Kier molecular flexibility index (Phi) is 12.2. The molecule has 0 aromatic heterocycles. The third-order valence-corrected chi connectivity index (χ3v) is 10.2. The number of carbonyl (C=O) groups is 4. The minimum atomic E-state index is -0.627. The number of carbonyl (C=O) groups excluding carboxylic acids is 4. The molecular formula is C40H56N4O8. The van der Waals surface area contributed by atoms with Crippen LogP contribution in [0.15, 0.2) is 60.7 Å². The number of amides is 2. The van der Waals surface area contributed by atoms with Gasteiger partial charge in [0, 0.05) is 50.3 Å². The van der Waals surface area contributed by atoms with Crippen molar-refractivity contribution >= 4 is 24.1 Å². The van der Waals surface area contributed by atoms with Gasteiger partial charge in [-0.25, -0.2) is 19.2 Å². The van der Waals surface area contributed by atoms with Crippen LogP contribution in [-0.2, 0) is 41.6 Å². The van der Waals surface area contributed by atoms with Crippen LogP contribution in [0.4, 0.5) is 9.59 Å². The molecule has 4 aliphatic heterocycles. The maximum absolute atomic E-state index is 12.7. The highest BCUT2D eigenvalue weighted by atomic mass is 16.6. The van der Waals surface area contributed by atoms with Gasteiger partial charge in [-0.1, -0.05) is 60.7 Å². The average Bonchev–Trinajstić information content (AvgIpc) is 3.50. The molecule has 0 spiro atoms. The molecular weight excluding hydrogens is 664 g/mol. The van der Waals surface area contributed by atoms with Crippen molar-refractivity contribution in [1.82, 2.24) is 19.6 Å². The summed E-state index contributed by atoms with van der Waals surface area (Å²) in [5.41, 5.74) is 1.22. The molecule has 2 amide bonds. The fourth-order valence-electron chi connectivity index (χ4n) is 8.01. The fourth-order valence-corrected chi connectivity index (χ4v) is 8.01. The molecule has 6 atom stereocenters. The average molecular weight is 721 g/mol. The zero-order chi connectivity index (χ0) is 37.8. The second-order valence-electron chi connectivity index (χ2n) is 16.1. The first-order valence-electron chi connectivity index (χ1n) is 18.3. The van der Waals surface area contributed by atoms with Gasteiger partial charge in [-0.15, -0.1) is 0 Å². The van der Waals surface area contributed by atoms with Crippen LogP contribution in [0.2, 0.25) is 0 Å². The third-order valence-electron chi connectivity index (χ3n) is 10.2. The lowest BCUT2D eigenvalue weighted by Gasteiger charge is -2.45. The Labute approximate surface area is 308 Å². The summed E-state index contributed by atoms with van der Waals surface area (Å²) in [6.07, 6.45) is 2.79. The van der Waals surface area contributed by atoms with Crippen LogP contribution in [0.25, 0.3) is 0 Å². The molecule has 0 radical (unpaired) electrons. The normalized spacial score (nSPS) is 25.8. The molecule has 4 fully saturated rings. The van der Waals surface area contributed by atoms with Gasteiger partial charge in [0.1, 0.15) is 23.3 Å². The van der Waals surface area contributed by atoms with Crippen LogP contribution in [0, 0.1) is 0 Å². The Balaban J connectivity index is 0.000000201. The Morgan fingerprint density at radius 2 is 0.923 bits per heavy atom. The van der Waals surface area contributed by atoms with Crippen LogP contribution in [-0.4, -0.2) is 118 Å². The third kappa shape index (κ3) is 9.25. The Morgan fingerprint density at radius 1 is 0.577 bits per heavy atom. The van der Waals surface area contributed by atoms with Gasteiger partial charge in [-0.3, -0.25) is 19.6 Å². The van der Waals surface area contributed by atoms with Crippen molar-refractivity contribution in [3.8, 4) is 0 Å². The van der Waals surface area contributed by atoms with E-state index in [1.165, 1.54) is 25.3 Å². The van der Waals surface area contributed by atoms with Gasteiger partial charge in [-0.05, 0) is 78.4 Å². The smallest absolute Gasteiger partial charge is 0.411 e. The van der Waals surface area contributed by atoms with Crippen LogP contribution in [0.5, 0.6) is 0 Å². The van der Waals surface area contributed by atoms with E-state index in [4.69, 9.17) is 18.9 Å². The summed E-state index contributed by atoms with van der Waals surface area (Å²) >= 11 is 0. The highest BCUT2D eigenvalue weighted by molar-refractivity contribution is 5.83. The number of hydrogen-bond acceptors (Lipinski definition) is 10. The summed E-state index contributed by atoms with van der Waals surface area (Å²) in [6, 6.07) is 19.5. The SMILES string of the molecule is COC(=O)[C@@H]1[C@@H]2CC[C@H](CN1C(=O)OC(C)(C)C)N2Cc1ccccc1.COC(=O)[C@H]1[C@H]2CC[C@@H](CN1C(=O)OC(C)(C)C)N2Cc1ccccc1. The molecule has 4 heterocycles. The van der Waals surface area contributed by atoms with Crippen molar-refractivity contribution in [3.63, 3.8) is 0 Å². The molecule has 0 aliphatic carbocycles. The highest BCUT2D eigenvalue weighted by Crippen LogP contribution is 2.38. The van der Waals surface area contributed by atoms with Gasteiger partial charge in [-0.2, -0.15) is 0 Å². The van der Waals surface area contributed by atoms with E-state index < -0.39 is 35.5 Å². The van der Waals surface area contributed by atoms with E-state index in [-0.39, 0.29) is 36.1 Å². The van der Waals surface area contributed by atoms with Gasteiger partial charge < -0.3 is 18.9 Å². The summed E-state index contributed by atoms with van der Waals surface area (Å²) in [4.78, 5) is 58.3. The Morgan fingerprint density at radius 3 is 1.23 bits per heavy atom. The van der Waals surface area contributed by atoms with E-state index in [2.05, 4.69) is 34.1 Å². The lowest BCUT2D eigenvalue weighted by Crippen LogP contribution is -2.64. The molecule has 4 saturated heterocycles. The largest absolute Gasteiger partial charge is 0.467 e. The predicted molar refractivity (Wildman–Crippen MR) is 195 cm³/mol. The summed E-state index contributed by atoms with van der Waals surface area (Å²) in [5.74, 6) is -0.751. The number of benzene rings is 2. The van der Waals surface area contributed by atoms with Gasteiger partial charge >= 0.3 is 24.1 Å². The predicted octanol–water partition coefficient (Wildman–Crippen LogP) is 5.62. The van der Waals surface area contributed by atoms with Gasteiger partial charge in [0.05, 0.1) is 14.2 Å². The number of rotatable bonds is 6. The number of ether oxygens (including phenoxy) is 4. The van der Waals surface area contributed by atoms with Crippen molar-refractivity contribution in [3.05, 3.63) is 71.8 Å². The highest BCUT2D eigenvalue weighted by Gasteiger charge is 2.53. The number of likely N-dealkylation sites (tertiary alicyclic amines) is 2. The number of fused-ring (bicyclic) bond motifs is 4. The van der Waals surface area contributed by atoms with Gasteiger partial charge in [0.15, 0.2) is 0 Å². The van der Waals surface area contributed by atoms with E-state index in [9.17, 15) is 19.2 Å². The summed E-state index contributed by atoms with van der Waals surface area (Å²) in [7, 11) is 2.75. The Hall–Kier alpha value is -4.16. The lowest BCUT2D eigenvalue weighted by molar-refractivity contribution is -0.153. The van der Waals surface area contributed by atoms with Crippen molar-refractivity contribution in [2.45, 2.75) is 128 Å². The van der Waals surface area contributed by atoms with Crippen LogP contribution in [0.1, 0.15) is 78.4 Å². The van der Waals surface area contributed by atoms with Crippen molar-refractivity contribution in [2.24, 2.45) is 0 Å². The van der Waals surface area contributed by atoms with Gasteiger partial charge in [0.25, 0.3) is 0 Å². The number of piperazine rings is 2. The molecule has 2 aromatic carbocycles. The van der Waals surface area contributed by atoms with Crippen molar-refractivity contribution in [1.29, 1.82) is 0 Å². The zero-order valence-corrected chi connectivity index (χ0v) is 31.9. The molecule has 12 heteroatoms. The van der Waals surface area contributed by atoms with E-state index in [1.807, 2.05) is 77.9 Å². The summed E-state index contributed by atoms with van der Waals surface area (Å²) < 4.78 is 21.2. The number of methoxy groups -OCH3 is 2. The lowest BCUT2D eigenvalue weighted by atomic mass is 10.0. The van der Waals surface area contributed by atoms with E-state index in [0.717, 1.165) is 38.8 Å². The standard InChI is InChI=1S/2C20H28N2O4/c2*1-20(2,3)26-19(24)22-13-15-10-11-16(17(22)18(23)25-4)21(15)12-14-8-6-5-7-9-14/h2*5-9,15-17H,10-13H2,1-4H3/t2*15-,16+,17+/m10/s1. The second kappa shape index (κ2) is 16.2. The molecule has 0 unspecified atom stereocenters. The molecule has 52 heavy (non-hydrogen) atoms. The Bertz CT molecular complexity index is 1430. The van der Waals surface area contributed by atoms with Gasteiger partial charge in [0.2, 0.25) is 0 Å². The minimum absolute atomic E-state index is 0.0473. The number of nitrogens with zero attached hydrogens (tertiary/aromatic N) is 4. The molecule has 0 saturated carbocycles. The molecule has 4 aliphatic rings. The van der Waals surface area contributed by atoms with Crippen LogP contribution >= 0.6 is 0 Å². The zero-order valence-electron chi connectivity index (χ0n) is 31.9. The molecule has 2 aromatic rings. The first-order chi connectivity index (χ1) is 24.6. The second-order valence-corrected chi connectivity index (χ2v) is 16.1. The molecule has 284 valence electrons. The first-order valence-corrected chi connectivity index (χ1v) is 18.3. The quantitative estimate of drug-likeness (QED) is 0.275. The van der Waals surface area contributed by atoms with E-state index >= 15 is 0 Å². The molecule has 0 N–H and O–H groups in total. The number of hydrogen-bond donors (Lipinski definition) is 0. The first kappa shape index (κ1) is 39.1. The summed E-state index contributed by atoms with van der Waals surface area (Å²) in [6.45, 7) is 13.5. The minimum Gasteiger partial charge on any atom is -0.467 e. The maximum atomic E-state index is 12.7. The van der Waals surface area contributed by atoms with Crippen molar-refractivity contribution < 1.29 is 38.1 Å². The van der Waals surface area contributed by atoms with Crippen LogP contribution < -0.4 is 0 Å².